The number of rotatable bonds is 2. The minimum absolute atomic E-state index is 0.277. The van der Waals surface area contributed by atoms with Crippen LogP contribution in [0.4, 0.5) is 0 Å². The van der Waals surface area contributed by atoms with Crippen molar-refractivity contribution in [1.29, 1.82) is 0 Å². The van der Waals surface area contributed by atoms with E-state index in [1.807, 2.05) is 0 Å². The van der Waals surface area contributed by atoms with E-state index in [1.54, 1.807) is 0 Å². The molecule has 0 aliphatic heterocycles. The molecule has 1 fully saturated rings. The average Bonchev–Trinajstić information content (AvgIpc) is 2.67. The first-order chi connectivity index (χ1) is 10.2. The fourth-order valence-corrected chi connectivity index (χ4v) is 4.49. The van der Waals surface area contributed by atoms with Gasteiger partial charge in [-0.05, 0) is 56.2 Å². The molecule has 0 aromatic heterocycles. The molecule has 1 N–H and O–H groups in total. The summed E-state index contributed by atoms with van der Waals surface area (Å²) in [6.07, 6.45) is 8.43. The third-order valence-corrected chi connectivity index (χ3v) is 5.80. The summed E-state index contributed by atoms with van der Waals surface area (Å²) >= 11 is 0. The molecule has 0 bridgehead atoms. The third kappa shape index (κ3) is 3.02. The van der Waals surface area contributed by atoms with E-state index in [1.165, 1.54) is 37.7 Å². The van der Waals surface area contributed by atoms with Gasteiger partial charge in [-0.15, -0.1) is 0 Å². The molecular formula is C19H29NO. The molecule has 2 nitrogen and oxygen atoms in total. The van der Waals surface area contributed by atoms with E-state index in [0.717, 1.165) is 24.3 Å². The monoisotopic (exact) mass is 287 g/mol. The smallest absolute Gasteiger partial charge is 0.0947 e. The Morgan fingerprint density at radius 1 is 1.00 bits per heavy atom. The van der Waals surface area contributed by atoms with Crippen LogP contribution in [0.5, 0.6) is 0 Å². The standard InChI is InChI=1S/C19H29NO/c1-14-8-3-6-12-17(14)20(2)18-13-7-10-15-9-4-5-11-16(15)19(18)21/h4-5,9,11,14,17-19,21H,3,6-8,10,12-13H2,1-2H3. The highest BCUT2D eigenvalue weighted by Crippen LogP contribution is 2.36. The molecule has 0 spiro atoms. The van der Waals surface area contributed by atoms with Crippen LogP contribution >= 0.6 is 0 Å². The largest absolute Gasteiger partial charge is 0.387 e. The van der Waals surface area contributed by atoms with Gasteiger partial charge in [0.15, 0.2) is 0 Å². The topological polar surface area (TPSA) is 23.5 Å². The molecule has 4 atom stereocenters. The molecule has 1 saturated carbocycles. The Morgan fingerprint density at radius 3 is 2.52 bits per heavy atom. The van der Waals surface area contributed by atoms with Gasteiger partial charge >= 0.3 is 0 Å². The van der Waals surface area contributed by atoms with Crippen molar-refractivity contribution in [2.45, 2.75) is 70.1 Å². The van der Waals surface area contributed by atoms with Gasteiger partial charge in [0.05, 0.1) is 6.10 Å². The Bertz CT molecular complexity index is 472. The molecule has 21 heavy (non-hydrogen) atoms. The SMILES string of the molecule is CC1CCCCC1N(C)C1CCCc2ccccc2C1O. The van der Waals surface area contributed by atoms with Gasteiger partial charge in [0, 0.05) is 12.1 Å². The van der Waals surface area contributed by atoms with E-state index in [9.17, 15) is 5.11 Å². The van der Waals surface area contributed by atoms with Crippen LogP contribution in [0.2, 0.25) is 0 Å². The molecule has 0 saturated heterocycles. The summed E-state index contributed by atoms with van der Waals surface area (Å²) in [6, 6.07) is 9.38. The van der Waals surface area contributed by atoms with Crippen LogP contribution in [0, 0.1) is 5.92 Å². The van der Waals surface area contributed by atoms with Crippen LogP contribution in [0.25, 0.3) is 0 Å². The molecule has 4 unspecified atom stereocenters. The zero-order chi connectivity index (χ0) is 14.8. The predicted octanol–water partition coefficient (Wildman–Crippen LogP) is 3.94. The first-order valence-corrected chi connectivity index (χ1v) is 8.66. The number of aliphatic hydroxyl groups is 1. The zero-order valence-electron chi connectivity index (χ0n) is 13.5. The zero-order valence-corrected chi connectivity index (χ0v) is 13.5. The number of fused-ring (bicyclic) bond motifs is 1. The van der Waals surface area contributed by atoms with Crippen molar-refractivity contribution in [3.63, 3.8) is 0 Å². The van der Waals surface area contributed by atoms with Crippen LogP contribution in [-0.2, 0) is 6.42 Å². The summed E-state index contributed by atoms with van der Waals surface area (Å²) < 4.78 is 0. The van der Waals surface area contributed by atoms with E-state index >= 15 is 0 Å². The lowest BCUT2D eigenvalue weighted by Crippen LogP contribution is -2.47. The predicted molar refractivity (Wildman–Crippen MR) is 87.3 cm³/mol. The number of aliphatic hydroxyl groups excluding tert-OH is 1. The number of hydrogen-bond acceptors (Lipinski definition) is 2. The van der Waals surface area contributed by atoms with Crippen LogP contribution in [-0.4, -0.2) is 29.1 Å². The molecule has 116 valence electrons. The van der Waals surface area contributed by atoms with E-state index in [4.69, 9.17) is 0 Å². The van der Waals surface area contributed by atoms with Gasteiger partial charge < -0.3 is 5.11 Å². The first-order valence-electron chi connectivity index (χ1n) is 8.66. The molecule has 1 aromatic rings. The molecule has 0 heterocycles. The molecule has 2 heteroatoms. The van der Waals surface area contributed by atoms with Crippen molar-refractivity contribution in [3.8, 4) is 0 Å². The number of likely N-dealkylation sites (N-methyl/N-ethyl adjacent to an activating group) is 1. The van der Waals surface area contributed by atoms with Crippen LogP contribution in [0.15, 0.2) is 24.3 Å². The maximum atomic E-state index is 10.9. The number of hydrogen-bond donors (Lipinski definition) is 1. The highest BCUT2D eigenvalue weighted by molar-refractivity contribution is 5.31. The van der Waals surface area contributed by atoms with E-state index < -0.39 is 0 Å². The summed E-state index contributed by atoms with van der Waals surface area (Å²) in [6.45, 7) is 2.39. The Morgan fingerprint density at radius 2 is 1.71 bits per heavy atom. The van der Waals surface area contributed by atoms with Crippen molar-refractivity contribution in [2.75, 3.05) is 7.05 Å². The lowest BCUT2D eigenvalue weighted by atomic mass is 9.83. The number of benzene rings is 1. The molecule has 2 aliphatic carbocycles. The normalized spacial score (nSPS) is 33.5. The van der Waals surface area contributed by atoms with Crippen molar-refractivity contribution in [3.05, 3.63) is 35.4 Å². The van der Waals surface area contributed by atoms with E-state index in [0.29, 0.717) is 6.04 Å². The lowest BCUT2D eigenvalue weighted by molar-refractivity contribution is 0.0111. The Hall–Kier alpha value is -0.860. The minimum atomic E-state index is -0.331. The van der Waals surface area contributed by atoms with Gasteiger partial charge in [-0.2, -0.15) is 0 Å². The Kier molecular flexibility index (Phi) is 4.66. The molecule has 0 amide bonds. The summed E-state index contributed by atoms with van der Waals surface area (Å²) in [5.74, 6) is 0.759. The quantitative estimate of drug-likeness (QED) is 0.833. The molecule has 3 rings (SSSR count). The second kappa shape index (κ2) is 6.50. The average molecular weight is 287 g/mol. The maximum absolute atomic E-state index is 10.9. The fraction of sp³-hybridized carbons (Fsp3) is 0.684. The molecule has 2 aliphatic rings. The minimum Gasteiger partial charge on any atom is -0.387 e. The maximum Gasteiger partial charge on any atom is 0.0947 e. The molecule has 1 aromatic carbocycles. The van der Waals surface area contributed by atoms with Crippen LogP contribution < -0.4 is 0 Å². The van der Waals surface area contributed by atoms with Gasteiger partial charge in [-0.25, -0.2) is 0 Å². The molecular weight excluding hydrogens is 258 g/mol. The van der Waals surface area contributed by atoms with Crippen molar-refractivity contribution in [1.82, 2.24) is 4.90 Å². The van der Waals surface area contributed by atoms with Crippen molar-refractivity contribution < 1.29 is 5.11 Å². The van der Waals surface area contributed by atoms with Gasteiger partial charge in [-0.1, -0.05) is 44.0 Å². The first kappa shape index (κ1) is 15.1. The number of aryl methyl sites for hydroxylation is 1. The van der Waals surface area contributed by atoms with Gasteiger partial charge in [-0.3, -0.25) is 4.90 Å². The third-order valence-electron chi connectivity index (χ3n) is 5.80. The van der Waals surface area contributed by atoms with Crippen molar-refractivity contribution in [2.24, 2.45) is 5.92 Å². The Labute approximate surface area is 129 Å². The van der Waals surface area contributed by atoms with E-state index in [-0.39, 0.29) is 12.1 Å². The van der Waals surface area contributed by atoms with Crippen molar-refractivity contribution >= 4 is 0 Å². The van der Waals surface area contributed by atoms with Crippen LogP contribution in [0.3, 0.4) is 0 Å². The second-order valence-electron chi connectivity index (χ2n) is 7.10. The van der Waals surface area contributed by atoms with Gasteiger partial charge in [0.1, 0.15) is 0 Å². The lowest BCUT2D eigenvalue weighted by Gasteiger charge is -2.42. The summed E-state index contributed by atoms with van der Waals surface area (Å²) in [4.78, 5) is 2.51. The van der Waals surface area contributed by atoms with Gasteiger partial charge in [0.25, 0.3) is 0 Å². The summed E-state index contributed by atoms with van der Waals surface area (Å²) in [5, 5.41) is 10.9. The fourth-order valence-electron chi connectivity index (χ4n) is 4.49. The second-order valence-corrected chi connectivity index (χ2v) is 7.10. The summed E-state index contributed by atoms with van der Waals surface area (Å²) in [5.41, 5.74) is 2.51. The Balaban J connectivity index is 1.81. The highest BCUT2D eigenvalue weighted by atomic mass is 16.3. The van der Waals surface area contributed by atoms with E-state index in [2.05, 4.69) is 43.1 Å². The van der Waals surface area contributed by atoms with Gasteiger partial charge in [0.2, 0.25) is 0 Å². The highest BCUT2D eigenvalue weighted by Gasteiger charge is 2.34. The number of nitrogens with zero attached hydrogens (tertiary/aromatic N) is 1. The van der Waals surface area contributed by atoms with Crippen LogP contribution in [0.1, 0.15) is 62.7 Å². The summed E-state index contributed by atoms with van der Waals surface area (Å²) in [7, 11) is 2.24. The molecule has 0 radical (unpaired) electrons.